The van der Waals surface area contributed by atoms with Crippen molar-refractivity contribution in [1.82, 2.24) is 10.2 Å². The zero-order valence-electron chi connectivity index (χ0n) is 17.0. The minimum Gasteiger partial charge on any atom is -0.493 e. The van der Waals surface area contributed by atoms with E-state index in [0.717, 1.165) is 41.1 Å². The summed E-state index contributed by atoms with van der Waals surface area (Å²) in [6, 6.07) is 7.65. The number of amides is 1. The van der Waals surface area contributed by atoms with Crippen LogP contribution in [-0.4, -0.2) is 52.5 Å². The first-order valence-electron chi connectivity index (χ1n) is 9.37. The van der Waals surface area contributed by atoms with E-state index < -0.39 is 0 Å². The maximum absolute atomic E-state index is 12.7. The lowest BCUT2D eigenvalue weighted by Crippen LogP contribution is -2.15. The second-order valence-electron chi connectivity index (χ2n) is 7.19. The van der Waals surface area contributed by atoms with Crippen molar-refractivity contribution in [3.63, 3.8) is 0 Å². The largest absolute Gasteiger partial charge is 0.493 e. The van der Waals surface area contributed by atoms with Crippen LogP contribution in [0.15, 0.2) is 24.3 Å². The third-order valence-corrected chi connectivity index (χ3v) is 5.07. The van der Waals surface area contributed by atoms with Gasteiger partial charge in [-0.05, 0) is 62.0 Å². The molecule has 0 aliphatic carbocycles. The average Bonchev–Trinajstić information content (AvgIpc) is 3.29. The molecule has 2 aliphatic rings. The molecule has 2 heterocycles. The van der Waals surface area contributed by atoms with Crippen molar-refractivity contribution >= 4 is 17.7 Å². The van der Waals surface area contributed by atoms with Gasteiger partial charge in [0, 0.05) is 17.8 Å². The van der Waals surface area contributed by atoms with Crippen LogP contribution in [-0.2, 0) is 6.42 Å². The maximum atomic E-state index is 12.7. The van der Waals surface area contributed by atoms with Crippen LogP contribution in [0.25, 0.3) is 11.8 Å². The number of carbonyl (C=O) groups is 1. The number of likely N-dealkylation sites (N-methyl/N-ethyl adjacent to an activating group) is 1. The number of nitrogens with one attached hydrogen (secondary N) is 1. The van der Waals surface area contributed by atoms with Crippen LogP contribution < -0.4 is 24.3 Å². The van der Waals surface area contributed by atoms with Gasteiger partial charge in [0.15, 0.2) is 23.0 Å². The number of nitrogens with zero attached hydrogens (tertiary/aromatic N) is 1. The van der Waals surface area contributed by atoms with E-state index in [0.29, 0.717) is 22.8 Å². The van der Waals surface area contributed by atoms with E-state index in [1.807, 2.05) is 38.4 Å². The number of ether oxygens (including phenoxy) is 4. The van der Waals surface area contributed by atoms with Gasteiger partial charge in [0.2, 0.25) is 6.79 Å². The normalized spacial score (nSPS) is 15.6. The summed E-state index contributed by atoms with van der Waals surface area (Å²) in [5.74, 6) is 2.21. The second kappa shape index (κ2) is 7.67. The Morgan fingerprint density at radius 3 is 2.59 bits per heavy atom. The molecule has 1 amide bonds. The van der Waals surface area contributed by atoms with Crippen molar-refractivity contribution in [1.29, 1.82) is 0 Å². The Morgan fingerprint density at radius 2 is 1.90 bits per heavy atom. The number of carbonyl (C=O) groups excluding carboxylic acids is 1. The Hall–Kier alpha value is -3.19. The predicted molar refractivity (Wildman–Crippen MR) is 110 cm³/mol. The lowest BCUT2D eigenvalue weighted by Gasteiger charge is -2.13. The van der Waals surface area contributed by atoms with Crippen molar-refractivity contribution in [3.8, 4) is 23.0 Å². The molecule has 1 N–H and O–H groups in total. The first-order chi connectivity index (χ1) is 14.0. The number of rotatable bonds is 6. The highest BCUT2D eigenvalue weighted by Gasteiger charge is 2.30. The highest BCUT2D eigenvalue weighted by Crippen LogP contribution is 2.41. The summed E-state index contributed by atoms with van der Waals surface area (Å²) in [4.78, 5) is 14.8. The molecule has 0 bridgehead atoms. The number of methoxy groups -OCH3 is 2. The number of hydrogen-bond acceptors (Lipinski definition) is 6. The summed E-state index contributed by atoms with van der Waals surface area (Å²) < 4.78 is 21.9. The van der Waals surface area contributed by atoms with Gasteiger partial charge in [0.1, 0.15) is 0 Å². The van der Waals surface area contributed by atoms with Crippen LogP contribution in [0.4, 0.5) is 0 Å². The van der Waals surface area contributed by atoms with Crippen LogP contribution in [0, 0.1) is 0 Å². The van der Waals surface area contributed by atoms with Gasteiger partial charge >= 0.3 is 0 Å². The fraction of sp³-hybridized carbons (Fsp3) is 0.318. The predicted octanol–water partition coefficient (Wildman–Crippen LogP) is 2.78. The standard InChI is InChI=1S/C22H24N2O5/c1-24(2)8-7-13-10-18-19(29-12-28-18)11-14(13)9-16-15-5-6-17(26-3)21(27-4)20(15)22(25)23-16/h5-6,9-11H,7-8,12H2,1-4H3,(H,23,25). The van der Waals surface area contributed by atoms with E-state index in [9.17, 15) is 4.79 Å². The molecule has 7 nitrogen and oxygen atoms in total. The summed E-state index contributed by atoms with van der Waals surface area (Å²) in [6.07, 6.45) is 2.82. The number of fused-ring (bicyclic) bond motifs is 2. The first-order valence-corrected chi connectivity index (χ1v) is 9.37. The van der Waals surface area contributed by atoms with E-state index in [-0.39, 0.29) is 12.7 Å². The van der Waals surface area contributed by atoms with Crippen molar-refractivity contribution in [2.24, 2.45) is 0 Å². The second-order valence-corrected chi connectivity index (χ2v) is 7.19. The average molecular weight is 396 g/mol. The van der Waals surface area contributed by atoms with Gasteiger partial charge in [-0.3, -0.25) is 4.79 Å². The minimum absolute atomic E-state index is 0.211. The highest BCUT2D eigenvalue weighted by molar-refractivity contribution is 6.14. The zero-order chi connectivity index (χ0) is 20.5. The van der Waals surface area contributed by atoms with Crippen LogP contribution in [0.3, 0.4) is 0 Å². The summed E-state index contributed by atoms with van der Waals surface area (Å²) in [7, 11) is 7.16. The Kier molecular flexibility index (Phi) is 5.07. The molecule has 29 heavy (non-hydrogen) atoms. The van der Waals surface area contributed by atoms with Crippen LogP contribution in [0.5, 0.6) is 23.0 Å². The van der Waals surface area contributed by atoms with Crippen molar-refractivity contribution in [2.45, 2.75) is 6.42 Å². The van der Waals surface area contributed by atoms with Crippen molar-refractivity contribution in [3.05, 3.63) is 46.5 Å². The van der Waals surface area contributed by atoms with Crippen LogP contribution in [0.1, 0.15) is 27.0 Å². The summed E-state index contributed by atoms with van der Waals surface area (Å²) >= 11 is 0. The molecule has 152 valence electrons. The van der Waals surface area contributed by atoms with E-state index >= 15 is 0 Å². The molecular formula is C22H24N2O5. The highest BCUT2D eigenvalue weighted by atomic mass is 16.7. The molecule has 7 heteroatoms. The summed E-state index contributed by atoms with van der Waals surface area (Å²) in [6.45, 7) is 1.11. The molecule has 0 unspecified atom stereocenters. The molecule has 0 saturated carbocycles. The summed E-state index contributed by atoms with van der Waals surface area (Å²) in [5.41, 5.74) is 4.08. The topological polar surface area (TPSA) is 69.3 Å². The fourth-order valence-electron chi connectivity index (χ4n) is 3.59. The lowest BCUT2D eigenvalue weighted by molar-refractivity contribution is 0.0977. The minimum atomic E-state index is -0.211. The van der Waals surface area contributed by atoms with E-state index in [2.05, 4.69) is 10.2 Å². The SMILES string of the molecule is COc1ccc2c(c1OC)C(=O)NC2=Cc1cc2c(cc1CCN(C)C)OCO2. The third-order valence-electron chi connectivity index (χ3n) is 5.07. The van der Waals surface area contributed by atoms with Gasteiger partial charge in [-0.2, -0.15) is 0 Å². The van der Waals surface area contributed by atoms with Gasteiger partial charge in [-0.1, -0.05) is 0 Å². The summed E-state index contributed by atoms with van der Waals surface area (Å²) in [5, 5.41) is 2.96. The van der Waals surface area contributed by atoms with Gasteiger partial charge in [0.05, 0.1) is 19.8 Å². The van der Waals surface area contributed by atoms with E-state index in [1.165, 1.54) is 7.11 Å². The van der Waals surface area contributed by atoms with Gasteiger partial charge in [-0.15, -0.1) is 0 Å². The van der Waals surface area contributed by atoms with Gasteiger partial charge in [0.25, 0.3) is 5.91 Å². The molecule has 0 spiro atoms. The Bertz CT molecular complexity index is 997. The molecular weight excluding hydrogens is 372 g/mol. The molecule has 2 aliphatic heterocycles. The van der Waals surface area contributed by atoms with E-state index in [4.69, 9.17) is 18.9 Å². The molecule has 0 fully saturated rings. The lowest BCUT2D eigenvalue weighted by atomic mass is 9.99. The van der Waals surface area contributed by atoms with Crippen molar-refractivity contribution < 1.29 is 23.7 Å². The number of hydrogen-bond donors (Lipinski definition) is 1. The quantitative estimate of drug-likeness (QED) is 0.810. The molecule has 0 atom stereocenters. The van der Waals surface area contributed by atoms with Crippen LogP contribution in [0.2, 0.25) is 0 Å². The molecule has 2 aromatic rings. The molecule has 0 aromatic heterocycles. The van der Waals surface area contributed by atoms with Crippen molar-refractivity contribution in [2.75, 3.05) is 41.7 Å². The molecule has 4 rings (SSSR count). The third kappa shape index (κ3) is 3.49. The van der Waals surface area contributed by atoms with E-state index in [1.54, 1.807) is 13.2 Å². The molecule has 0 saturated heterocycles. The molecule has 0 radical (unpaired) electrons. The first kappa shape index (κ1) is 19.1. The maximum Gasteiger partial charge on any atom is 0.260 e. The smallest absolute Gasteiger partial charge is 0.260 e. The Balaban J connectivity index is 1.79. The molecule has 2 aromatic carbocycles. The van der Waals surface area contributed by atoms with Crippen LogP contribution >= 0.6 is 0 Å². The number of benzene rings is 2. The van der Waals surface area contributed by atoms with Gasteiger partial charge in [-0.25, -0.2) is 0 Å². The monoisotopic (exact) mass is 396 g/mol. The Morgan fingerprint density at radius 1 is 1.14 bits per heavy atom. The zero-order valence-corrected chi connectivity index (χ0v) is 17.0. The Labute approximate surface area is 169 Å². The fourth-order valence-corrected chi connectivity index (χ4v) is 3.59. The van der Waals surface area contributed by atoms with Gasteiger partial charge < -0.3 is 29.2 Å².